The van der Waals surface area contributed by atoms with E-state index < -0.39 is 29.8 Å². The van der Waals surface area contributed by atoms with Crippen LogP contribution in [-0.2, 0) is 11.0 Å². The molecule has 0 spiro atoms. The summed E-state index contributed by atoms with van der Waals surface area (Å²) in [5.41, 5.74) is 4.52. The lowest BCUT2D eigenvalue weighted by molar-refractivity contribution is -0.137. The van der Waals surface area contributed by atoms with Gasteiger partial charge >= 0.3 is 6.18 Å². The summed E-state index contributed by atoms with van der Waals surface area (Å²) in [4.78, 5) is 11.2. The Morgan fingerprint density at radius 2 is 2.00 bits per heavy atom. The Balaban J connectivity index is 2.76. The van der Waals surface area contributed by atoms with Gasteiger partial charge in [-0.3, -0.25) is 4.79 Å². The number of carbonyl (C=O) groups is 1. The van der Waals surface area contributed by atoms with Gasteiger partial charge in [-0.15, -0.1) is 0 Å². The van der Waals surface area contributed by atoms with E-state index in [0.29, 0.717) is 0 Å². The number of halogens is 3. The number of benzene rings is 1. The summed E-state index contributed by atoms with van der Waals surface area (Å²) in [5.74, 6) is -0.655. The lowest BCUT2D eigenvalue weighted by Crippen LogP contribution is -2.46. The molecule has 0 fully saturated rings. The van der Waals surface area contributed by atoms with Crippen LogP contribution in [0.2, 0.25) is 0 Å². The summed E-state index contributed by atoms with van der Waals surface area (Å²) < 4.78 is 37.8. The van der Waals surface area contributed by atoms with Crippen molar-refractivity contribution in [3.8, 4) is 0 Å². The fourth-order valence-electron chi connectivity index (χ4n) is 1.94. The van der Waals surface area contributed by atoms with Gasteiger partial charge in [-0.2, -0.15) is 13.2 Å². The molecule has 1 aromatic carbocycles. The topological polar surface area (TPSA) is 75.3 Å². The van der Waals surface area contributed by atoms with Gasteiger partial charge < -0.3 is 16.2 Å². The monoisotopic (exact) mass is 304 g/mol. The van der Waals surface area contributed by atoms with Gasteiger partial charge in [-0.25, -0.2) is 0 Å². The molecule has 0 aromatic heterocycles. The van der Waals surface area contributed by atoms with Crippen molar-refractivity contribution in [2.75, 3.05) is 6.54 Å². The predicted octanol–water partition coefficient (Wildman–Crippen LogP) is 1.84. The van der Waals surface area contributed by atoms with E-state index in [9.17, 15) is 23.1 Å². The maximum atomic E-state index is 12.6. The minimum Gasteiger partial charge on any atom is -0.387 e. The number of rotatable bonds is 6. The van der Waals surface area contributed by atoms with Gasteiger partial charge in [0.2, 0.25) is 5.91 Å². The summed E-state index contributed by atoms with van der Waals surface area (Å²) in [6, 6.07) is 3.81. The molecule has 0 aliphatic carbocycles. The van der Waals surface area contributed by atoms with E-state index in [4.69, 9.17) is 5.73 Å². The van der Waals surface area contributed by atoms with Crippen LogP contribution >= 0.6 is 0 Å². The van der Waals surface area contributed by atoms with E-state index in [-0.39, 0.29) is 18.0 Å². The van der Waals surface area contributed by atoms with Gasteiger partial charge in [-0.1, -0.05) is 26.0 Å². The first kappa shape index (κ1) is 17.5. The Labute approximate surface area is 121 Å². The van der Waals surface area contributed by atoms with Crippen LogP contribution in [0.1, 0.15) is 31.1 Å². The normalized spacial score (nSPS) is 15.0. The highest BCUT2D eigenvalue weighted by Gasteiger charge is 2.31. The summed E-state index contributed by atoms with van der Waals surface area (Å²) in [7, 11) is 0. The van der Waals surface area contributed by atoms with Crippen LogP contribution < -0.4 is 11.1 Å². The number of primary amides is 1. The van der Waals surface area contributed by atoms with E-state index in [1.807, 2.05) is 0 Å². The van der Waals surface area contributed by atoms with Crippen molar-refractivity contribution in [1.82, 2.24) is 5.32 Å². The van der Waals surface area contributed by atoms with E-state index in [1.54, 1.807) is 13.8 Å². The van der Waals surface area contributed by atoms with Gasteiger partial charge in [0.15, 0.2) is 0 Å². The summed E-state index contributed by atoms with van der Waals surface area (Å²) >= 11 is 0. The largest absolute Gasteiger partial charge is 0.416 e. The van der Waals surface area contributed by atoms with Crippen LogP contribution in [0.3, 0.4) is 0 Å². The van der Waals surface area contributed by atoms with Crippen LogP contribution in [0, 0.1) is 5.92 Å². The molecule has 0 aliphatic rings. The first-order valence-electron chi connectivity index (χ1n) is 6.51. The maximum absolute atomic E-state index is 12.6. The molecule has 7 heteroatoms. The van der Waals surface area contributed by atoms with Gasteiger partial charge in [-0.05, 0) is 23.6 Å². The number of carbonyl (C=O) groups excluding carboxylic acids is 1. The second-order valence-electron chi connectivity index (χ2n) is 5.17. The second-order valence-corrected chi connectivity index (χ2v) is 5.17. The SMILES string of the molecule is CC(C)C(NCC(O)c1cccc(C(F)(F)F)c1)C(N)=O. The number of aliphatic hydroxyl groups excluding tert-OH is 1. The van der Waals surface area contributed by atoms with E-state index in [1.165, 1.54) is 12.1 Å². The van der Waals surface area contributed by atoms with Crippen molar-refractivity contribution in [2.45, 2.75) is 32.2 Å². The molecule has 4 nitrogen and oxygen atoms in total. The molecule has 2 atom stereocenters. The average molecular weight is 304 g/mol. The Morgan fingerprint density at radius 1 is 1.38 bits per heavy atom. The number of nitrogens with one attached hydrogen (secondary N) is 1. The fourth-order valence-corrected chi connectivity index (χ4v) is 1.94. The zero-order chi connectivity index (χ0) is 16.2. The lowest BCUT2D eigenvalue weighted by Gasteiger charge is -2.21. The van der Waals surface area contributed by atoms with E-state index >= 15 is 0 Å². The third-order valence-electron chi connectivity index (χ3n) is 3.10. The van der Waals surface area contributed by atoms with Gasteiger partial charge in [0.05, 0.1) is 17.7 Å². The molecule has 0 saturated carbocycles. The third-order valence-corrected chi connectivity index (χ3v) is 3.10. The Bertz CT molecular complexity index is 489. The number of hydrogen-bond donors (Lipinski definition) is 3. The molecule has 4 N–H and O–H groups in total. The van der Waals surface area contributed by atoms with Crippen molar-refractivity contribution >= 4 is 5.91 Å². The predicted molar refractivity (Wildman–Crippen MR) is 72.2 cm³/mol. The van der Waals surface area contributed by atoms with E-state index in [2.05, 4.69) is 5.32 Å². The quantitative estimate of drug-likeness (QED) is 0.750. The zero-order valence-electron chi connectivity index (χ0n) is 11.8. The van der Waals surface area contributed by atoms with Crippen molar-refractivity contribution in [3.63, 3.8) is 0 Å². The zero-order valence-corrected chi connectivity index (χ0v) is 11.8. The van der Waals surface area contributed by atoms with Gasteiger partial charge in [0.25, 0.3) is 0 Å². The van der Waals surface area contributed by atoms with Crippen molar-refractivity contribution < 1.29 is 23.1 Å². The standard InChI is InChI=1S/C14H19F3N2O2/c1-8(2)12(13(18)21)19-7-11(20)9-4-3-5-10(6-9)14(15,16)17/h3-6,8,11-12,19-20H,7H2,1-2H3,(H2,18,21). The Kier molecular flexibility index (Phi) is 5.74. The summed E-state index contributed by atoms with van der Waals surface area (Å²) in [5, 5.41) is 12.7. The third kappa shape index (κ3) is 5.02. The van der Waals surface area contributed by atoms with Crippen LogP contribution in [0.15, 0.2) is 24.3 Å². The molecule has 0 bridgehead atoms. The first-order valence-corrected chi connectivity index (χ1v) is 6.51. The molecule has 1 aromatic rings. The minimum atomic E-state index is -4.46. The molecule has 0 saturated heterocycles. The van der Waals surface area contributed by atoms with Crippen molar-refractivity contribution in [2.24, 2.45) is 11.7 Å². The minimum absolute atomic E-state index is 0.0624. The molecule has 1 rings (SSSR count). The van der Waals surface area contributed by atoms with E-state index in [0.717, 1.165) is 12.1 Å². The molecule has 118 valence electrons. The highest BCUT2D eigenvalue weighted by molar-refractivity contribution is 5.80. The van der Waals surface area contributed by atoms with Crippen LogP contribution in [0.4, 0.5) is 13.2 Å². The van der Waals surface area contributed by atoms with Crippen LogP contribution in [0.5, 0.6) is 0 Å². The molecule has 2 unspecified atom stereocenters. The molecule has 0 radical (unpaired) electrons. The number of amides is 1. The molecule has 0 aliphatic heterocycles. The number of aliphatic hydroxyl groups is 1. The fraction of sp³-hybridized carbons (Fsp3) is 0.500. The molecular formula is C14H19F3N2O2. The smallest absolute Gasteiger partial charge is 0.387 e. The molecular weight excluding hydrogens is 285 g/mol. The molecule has 1 amide bonds. The van der Waals surface area contributed by atoms with Crippen molar-refractivity contribution in [3.05, 3.63) is 35.4 Å². The van der Waals surface area contributed by atoms with Gasteiger partial charge in [0.1, 0.15) is 0 Å². The number of nitrogens with two attached hydrogens (primary N) is 1. The Hall–Kier alpha value is -1.60. The second kappa shape index (κ2) is 6.91. The summed E-state index contributed by atoms with van der Waals surface area (Å²) in [6.45, 7) is 3.49. The summed E-state index contributed by atoms with van der Waals surface area (Å²) in [6.07, 6.45) is -5.62. The lowest BCUT2D eigenvalue weighted by atomic mass is 10.0. The molecule has 0 heterocycles. The highest BCUT2D eigenvalue weighted by atomic mass is 19.4. The molecule has 21 heavy (non-hydrogen) atoms. The highest BCUT2D eigenvalue weighted by Crippen LogP contribution is 2.30. The van der Waals surface area contributed by atoms with Crippen LogP contribution in [0.25, 0.3) is 0 Å². The van der Waals surface area contributed by atoms with Gasteiger partial charge in [0, 0.05) is 6.54 Å². The van der Waals surface area contributed by atoms with Crippen molar-refractivity contribution in [1.29, 1.82) is 0 Å². The first-order chi connectivity index (χ1) is 9.62. The van der Waals surface area contributed by atoms with Crippen LogP contribution in [-0.4, -0.2) is 23.6 Å². The average Bonchev–Trinajstić information content (AvgIpc) is 2.37. The Morgan fingerprint density at radius 3 is 2.48 bits per heavy atom. The maximum Gasteiger partial charge on any atom is 0.416 e. The number of alkyl halides is 3. The number of hydrogen-bond acceptors (Lipinski definition) is 3.